The van der Waals surface area contributed by atoms with Crippen LogP contribution in [0.5, 0.6) is 0 Å². The minimum absolute atomic E-state index is 0.256. The first-order chi connectivity index (χ1) is 6.86. The first kappa shape index (κ1) is 11.6. The summed E-state index contributed by atoms with van der Waals surface area (Å²) in [5, 5.41) is 1.87. The molecule has 0 N–H and O–H groups in total. The number of hydrogen-bond acceptors (Lipinski definition) is 3. The van der Waals surface area contributed by atoms with Crippen LogP contribution < -0.4 is 0 Å². The van der Waals surface area contributed by atoms with Crippen molar-refractivity contribution in [2.45, 2.75) is 32.3 Å². The van der Waals surface area contributed by atoms with Gasteiger partial charge >= 0.3 is 0 Å². The minimum Gasteiger partial charge on any atom is -0.376 e. The molecule has 0 aromatic rings. The molecule has 0 aromatic heterocycles. The van der Waals surface area contributed by atoms with Crippen LogP contribution in [-0.4, -0.2) is 30.8 Å². The maximum absolute atomic E-state index is 5.74. The zero-order chi connectivity index (χ0) is 10.2. The lowest BCUT2D eigenvalue weighted by molar-refractivity contribution is 0.0325. The summed E-state index contributed by atoms with van der Waals surface area (Å²) in [4.78, 5) is 0. The standard InChI is InChI=1S/C10H18N2OS/c1-2-3-8-13-10-6-4-5-7-12(9-10)11-14/h4-5,10H,2-3,6-9H2,1H3. The molecule has 0 bridgehead atoms. The van der Waals surface area contributed by atoms with Crippen molar-refractivity contribution in [3.63, 3.8) is 0 Å². The topological polar surface area (TPSA) is 24.8 Å². The summed E-state index contributed by atoms with van der Waals surface area (Å²) in [7, 11) is 0. The van der Waals surface area contributed by atoms with Gasteiger partial charge in [-0.05, 0) is 12.8 Å². The molecule has 1 unspecified atom stereocenters. The molecular formula is C10H18N2OS. The van der Waals surface area contributed by atoms with Gasteiger partial charge in [0.1, 0.15) is 0 Å². The summed E-state index contributed by atoms with van der Waals surface area (Å²) >= 11 is 4.68. The van der Waals surface area contributed by atoms with Crippen molar-refractivity contribution in [1.29, 1.82) is 0 Å². The van der Waals surface area contributed by atoms with Gasteiger partial charge in [0.2, 0.25) is 0 Å². The molecule has 0 amide bonds. The van der Waals surface area contributed by atoms with Crippen molar-refractivity contribution in [3.05, 3.63) is 12.2 Å². The third kappa shape index (κ3) is 4.15. The SMILES string of the molecule is CCCCOC1CC=CCN(N=S)C1. The molecule has 0 saturated heterocycles. The molecule has 0 spiro atoms. The van der Waals surface area contributed by atoms with E-state index in [9.17, 15) is 0 Å². The summed E-state index contributed by atoms with van der Waals surface area (Å²) in [5.41, 5.74) is 0. The summed E-state index contributed by atoms with van der Waals surface area (Å²) in [5.74, 6) is 0. The third-order valence-corrected chi connectivity index (χ3v) is 2.49. The van der Waals surface area contributed by atoms with Gasteiger partial charge in [0, 0.05) is 6.61 Å². The molecule has 1 aliphatic heterocycles. The third-order valence-electron chi connectivity index (χ3n) is 2.26. The van der Waals surface area contributed by atoms with Gasteiger partial charge in [-0.15, -0.1) is 4.47 Å². The number of nitrogens with zero attached hydrogens (tertiary/aromatic N) is 2. The predicted molar refractivity (Wildman–Crippen MR) is 59.8 cm³/mol. The Bertz CT molecular complexity index is 197. The number of hydrogen-bond donors (Lipinski definition) is 0. The highest BCUT2D eigenvalue weighted by molar-refractivity contribution is 7.47. The zero-order valence-corrected chi connectivity index (χ0v) is 9.50. The average Bonchev–Trinajstić information content (AvgIpc) is 2.43. The van der Waals surface area contributed by atoms with Crippen molar-refractivity contribution >= 4 is 12.4 Å². The highest BCUT2D eigenvalue weighted by atomic mass is 32.1. The van der Waals surface area contributed by atoms with Crippen molar-refractivity contribution < 1.29 is 4.74 Å². The predicted octanol–water partition coefficient (Wildman–Crippen LogP) is 2.08. The molecule has 0 radical (unpaired) electrons. The summed E-state index contributed by atoms with van der Waals surface area (Å²) in [6.45, 7) is 4.65. The van der Waals surface area contributed by atoms with E-state index in [1.807, 2.05) is 5.01 Å². The molecule has 1 rings (SSSR count). The summed E-state index contributed by atoms with van der Waals surface area (Å²) in [6, 6.07) is 0. The fourth-order valence-electron chi connectivity index (χ4n) is 1.41. The molecule has 0 aliphatic carbocycles. The Morgan fingerprint density at radius 3 is 3.14 bits per heavy atom. The molecule has 80 valence electrons. The van der Waals surface area contributed by atoms with E-state index in [0.717, 1.165) is 32.5 Å². The van der Waals surface area contributed by atoms with Crippen LogP contribution in [-0.2, 0) is 17.2 Å². The Kier molecular flexibility index (Phi) is 5.71. The van der Waals surface area contributed by atoms with Crippen molar-refractivity contribution in [2.75, 3.05) is 19.7 Å². The van der Waals surface area contributed by atoms with Gasteiger partial charge in [-0.3, -0.25) is 5.01 Å². The van der Waals surface area contributed by atoms with Gasteiger partial charge in [0.05, 0.1) is 31.6 Å². The molecule has 1 heterocycles. The smallest absolute Gasteiger partial charge is 0.0801 e. The monoisotopic (exact) mass is 214 g/mol. The van der Waals surface area contributed by atoms with Crippen LogP contribution in [0.3, 0.4) is 0 Å². The van der Waals surface area contributed by atoms with E-state index < -0.39 is 0 Å². The second-order valence-electron chi connectivity index (χ2n) is 3.51. The highest BCUT2D eigenvalue weighted by Crippen LogP contribution is 2.09. The molecular weight excluding hydrogens is 196 g/mol. The van der Waals surface area contributed by atoms with Crippen LogP contribution in [0.25, 0.3) is 0 Å². The van der Waals surface area contributed by atoms with Crippen LogP contribution in [0.15, 0.2) is 16.6 Å². The maximum atomic E-state index is 5.74. The highest BCUT2D eigenvalue weighted by Gasteiger charge is 2.13. The lowest BCUT2D eigenvalue weighted by Crippen LogP contribution is -2.28. The maximum Gasteiger partial charge on any atom is 0.0801 e. The van der Waals surface area contributed by atoms with Crippen molar-refractivity contribution in [3.8, 4) is 0 Å². The van der Waals surface area contributed by atoms with Crippen molar-refractivity contribution in [1.82, 2.24) is 5.01 Å². The minimum atomic E-state index is 0.256. The second-order valence-corrected chi connectivity index (χ2v) is 3.67. The zero-order valence-electron chi connectivity index (χ0n) is 8.69. The Morgan fingerprint density at radius 2 is 2.43 bits per heavy atom. The number of rotatable bonds is 5. The molecule has 0 saturated carbocycles. The Hall–Kier alpha value is -0.480. The van der Waals surface area contributed by atoms with Crippen LogP contribution in [0.2, 0.25) is 0 Å². The van der Waals surface area contributed by atoms with Gasteiger partial charge in [-0.2, -0.15) is 0 Å². The molecule has 1 atom stereocenters. The number of ether oxygens (including phenoxy) is 1. The van der Waals surface area contributed by atoms with Gasteiger partial charge < -0.3 is 4.74 Å². The fourth-order valence-corrected chi connectivity index (χ4v) is 1.54. The molecule has 4 heteroatoms. The van der Waals surface area contributed by atoms with Crippen LogP contribution >= 0.6 is 0 Å². The van der Waals surface area contributed by atoms with E-state index in [-0.39, 0.29) is 6.10 Å². The van der Waals surface area contributed by atoms with E-state index in [2.05, 4.69) is 36.0 Å². The normalized spacial score (nSPS) is 22.1. The Labute approximate surface area is 91.3 Å². The average molecular weight is 214 g/mol. The van der Waals surface area contributed by atoms with Crippen LogP contribution in [0, 0.1) is 0 Å². The van der Waals surface area contributed by atoms with Crippen LogP contribution in [0.4, 0.5) is 0 Å². The van der Waals surface area contributed by atoms with E-state index in [1.165, 1.54) is 6.42 Å². The first-order valence-electron chi connectivity index (χ1n) is 5.21. The van der Waals surface area contributed by atoms with Crippen molar-refractivity contribution in [2.24, 2.45) is 4.47 Å². The lowest BCUT2D eigenvalue weighted by atomic mass is 10.2. The molecule has 14 heavy (non-hydrogen) atoms. The number of unbranched alkanes of at least 4 members (excludes halogenated alkanes) is 1. The van der Waals surface area contributed by atoms with E-state index in [4.69, 9.17) is 4.74 Å². The van der Waals surface area contributed by atoms with E-state index in [1.54, 1.807) is 0 Å². The Morgan fingerprint density at radius 1 is 1.57 bits per heavy atom. The molecule has 1 aliphatic rings. The van der Waals surface area contributed by atoms with Gasteiger partial charge in [0.15, 0.2) is 0 Å². The lowest BCUT2D eigenvalue weighted by Gasteiger charge is -2.20. The van der Waals surface area contributed by atoms with Gasteiger partial charge in [0.25, 0.3) is 0 Å². The molecule has 3 nitrogen and oxygen atoms in total. The Balaban J connectivity index is 2.28. The molecule has 0 fully saturated rings. The summed E-state index contributed by atoms with van der Waals surface area (Å²) in [6.07, 6.45) is 7.79. The first-order valence-corrected chi connectivity index (χ1v) is 5.58. The largest absolute Gasteiger partial charge is 0.376 e. The van der Waals surface area contributed by atoms with E-state index in [0.29, 0.717) is 0 Å². The van der Waals surface area contributed by atoms with Crippen LogP contribution in [0.1, 0.15) is 26.2 Å². The van der Waals surface area contributed by atoms with Gasteiger partial charge in [-0.1, -0.05) is 25.5 Å². The quantitative estimate of drug-likeness (QED) is 0.517. The summed E-state index contributed by atoms with van der Waals surface area (Å²) < 4.78 is 9.51. The van der Waals surface area contributed by atoms with Gasteiger partial charge in [-0.25, -0.2) is 0 Å². The second kappa shape index (κ2) is 6.90. The molecule has 0 aromatic carbocycles. The van der Waals surface area contributed by atoms with E-state index >= 15 is 0 Å². The fraction of sp³-hybridized carbons (Fsp3) is 0.800.